The number of imidazole rings is 1. The highest BCUT2D eigenvalue weighted by molar-refractivity contribution is 5.92. The Bertz CT molecular complexity index is 1290. The molecule has 0 saturated carbocycles. The van der Waals surface area contributed by atoms with E-state index in [-0.39, 0.29) is 5.91 Å². The number of carbonyl (C=O) groups is 1. The van der Waals surface area contributed by atoms with Gasteiger partial charge in [-0.2, -0.15) is 0 Å². The van der Waals surface area contributed by atoms with Crippen molar-refractivity contribution in [3.05, 3.63) is 77.4 Å². The van der Waals surface area contributed by atoms with Gasteiger partial charge in [0, 0.05) is 51.1 Å². The van der Waals surface area contributed by atoms with E-state index in [0.29, 0.717) is 17.2 Å². The molecule has 1 aliphatic heterocycles. The van der Waals surface area contributed by atoms with E-state index >= 15 is 0 Å². The van der Waals surface area contributed by atoms with Crippen LogP contribution in [0.5, 0.6) is 11.5 Å². The molecule has 2 N–H and O–H groups in total. The lowest BCUT2D eigenvalue weighted by Crippen LogP contribution is -2.18. The Balaban J connectivity index is 1.40. The molecule has 1 amide bonds. The zero-order chi connectivity index (χ0) is 21.4. The van der Waals surface area contributed by atoms with E-state index in [4.69, 9.17) is 9.72 Å². The maximum Gasteiger partial charge on any atom is 0.269 e. The summed E-state index contributed by atoms with van der Waals surface area (Å²) < 4.78 is 8.08. The van der Waals surface area contributed by atoms with E-state index in [1.54, 1.807) is 25.4 Å². The topological polar surface area (TPSA) is 81.1 Å². The number of nitrogens with zero attached hydrogens (tertiary/aromatic N) is 3. The van der Waals surface area contributed by atoms with Crippen LogP contribution >= 0.6 is 0 Å². The van der Waals surface area contributed by atoms with Gasteiger partial charge < -0.3 is 19.9 Å². The number of anilines is 1. The molecule has 3 heterocycles. The highest BCUT2D eigenvalue weighted by atomic mass is 16.5. The van der Waals surface area contributed by atoms with Gasteiger partial charge in [0.15, 0.2) is 0 Å². The van der Waals surface area contributed by atoms with E-state index in [9.17, 15) is 4.79 Å². The van der Waals surface area contributed by atoms with Crippen molar-refractivity contribution < 1.29 is 9.53 Å². The molecule has 0 unspecified atom stereocenters. The summed E-state index contributed by atoms with van der Waals surface area (Å²) in [6.45, 7) is 1.01. The van der Waals surface area contributed by atoms with Gasteiger partial charge in [0.2, 0.25) is 0 Å². The van der Waals surface area contributed by atoms with Gasteiger partial charge >= 0.3 is 0 Å². The maximum absolute atomic E-state index is 11.8. The lowest BCUT2D eigenvalue weighted by Gasteiger charge is -2.07. The first kappa shape index (κ1) is 19.1. The molecule has 0 spiro atoms. The number of hydrogen-bond acceptors (Lipinski definition) is 5. The minimum atomic E-state index is -0.253. The SMILES string of the molecule is CNC(=O)c1cc(Oc2ccc3c(c2)nc(Cc2ccc4c(c2)NCC4)n3C)ccn1. The highest BCUT2D eigenvalue weighted by Crippen LogP contribution is 2.28. The third kappa shape index (κ3) is 3.70. The van der Waals surface area contributed by atoms with Crippen LogP contribution in [0.15, 0.2) is 54.7 Å². The first-order valence-electron chi connectivity index (χ1n) is 10.3. The van der Waals surface area contributed by atoms with Crippen molar-refractivity contribution >= 4 is 22.6 Å². The second-order valence-electron chi connectivity index (χ2n) is 7.64. The summed E-state index contributed by atoms with van der Waals surface area (Å²) >= 11 is 0. The first-order valence-corrected chi connectivity index (χ1v) is 10.3. The monoisotopic (exact) mass is 413 g/mol. The van der Waals surface area contributed by atoms with Gasteiger partial charge in [-0.15, -0.1) is 0 Å². The second kappa shape index (κ2) is 7.75. The zero-order valence-electron chi connectivity index (χ0n) is 17.5. The molecule has 0 atom stereocenters. The minimum Gasteiger partial charge on any atom is -0.457 e. The van der Waals surface area contributed by atoms with Crippen molar-refractivity contribution in [2.24, 2.45) is 7.05 Å². The predicted octanol–water partition coefficient (Wildman–Crippen LogP) is 3.68. The maximum atomic E-state index is 11.8. The third-order valence-corrected chi connectivity index (χ3v) is 5.62. The van der Waals surface area contributed by atoms with Crippen LogP contribution in [0, 0.1) is 0 Å². The number of nitrogens with one attached hydrogen (secondary N) is 2. The fourth-order valence-corrected chi connectivity index (χ4v) is 3.94. The van der Waals surface area contributed by atoms with Crippen molar-refractivity contribution in [3.8, 4) is 11.5 Å². The number of pyridine rings is 1. The molecule has 31 heavy (non-hydrogen) atoms. The zero-order valence-corrected chi connectivity index (χ0v) is 17.5. The second-order valence-corrected chi connectivity index (χ2v) is 7.64. The van der Waals surface area contributed by atoms with Crippen molar-refractivity contribution in [3.63, 3.8) is 0 Å². The molecular formula is C24H23N5O2. The van der Waals surface area contributed by atoms with E-state index in [1.165, 1.54) is 16.8 Å². The van der Waals surface area contributed by atoms with Crippen LogP contribution in [0.2, 0.25) is 0 Å². The number of rotatable bonds is 5. The molecule has 156 valence electrons. The van der Waals surface area contributed by atoms with Crippen LogP contribution in [-0.4, -0.2) is 34.0 Å². The number of hydrogen-bond donors (Lipinski definition) is 2. The van der Waals surface area contributed by atoms with Crippen LogP contribution < -0.4 is 15.4 Å². The quantitative estimate of drug-likeness (QED) is 0.522. The molecule has 1 aliphatic rings. The Morgan fingerprint density at radius 2 is 2.03 bits per heavy atom. The lowest BCUT2D eigenvalue weighted by atomic mass is 10.1. The number of ether oxygens (including phenoxy) is 1. The Labute approximate surface area is 180 Å². The van der Waals surface area contributed by atoms with Crippen LogP contribution in [0.3, 0.4) is 0 Å². The highest BCUT2D eigenvalue weighted by Gasteiger charge is 2.14. The number of aromatic nitrogens is 3. The molecule has 4 aromatic rings. The molecule has 0 aliphatic carbocycles. The average Bonchev–Trinajstić information content (AvgIpc) is 3.37. The summed E-state index contributed by atoms with van der Waals surface area (Å²) in [6, 6.07) is 15.8. The molecule has 0 radical (unpaired) electrons. The summed E-state index contributed by atoms with van der Waals surface area (Å²) in [5, 5.41) is 6.00. The van der Waals surface area contributed by atoms with E-state index < -0.39 is 0 Å². The lowest BCUT2D eigenvalue weighted by molar-refractivity contribution is 0.0958. The van der Waals surface area contributed by atoms with Gasteiger partial charge in [-0.25, -0.2) is 4.98 Å². The fraction of sp³-hybridized carbons (Fsp3) is 0.208. The standard InChI is InChI=1S/C24H23N5O2/c1-25-24(30)21-14-18(8-10-27-21)31-17-5-6-22-20(13-17)28-23(29(22)2)12-15-3-4-16-7-9-26-19(16)11-15/h3-6,8,10-11,13-14,26H,7,9,12H2,1-2H3,(H,25,30). The Kier molecular flexibility index (Phi) is 4.78. The van der Waals surface area contributed by atoms with Crippen molar-refractivity contribution in [1.29, 1.82) is 0 Å². The third-order valence-electron chi connectivity index (χ3n) is 5.62. The van der Waals surface area contributed by atoms with Crippen molar-refractivity contribution in [2.45, 2.75) is 12.8 Å². The first-order chi connectivity index (χ1) is 15.1. The molecule has 0 saturated heterocycles. The number of benzene rings is 2. The average molecular weight is 413 g/mol. The van der Waals surface area contributed by atoms with E-state index in [1.807, 2.05) is 25.2 Å². The van der Waals surface area contributed by atoms with Gasteiger partial charge in [-0.05, 0) is 41.8 Å². The summed E-state index contributed by atoms with van der Waals surface area (Å²) in [7, 11) is 3.61. The Morgan fingerprint density at radius 3 is 2.90 bits per heavy atom. The Morgan fingerprint density at radius 1 is 1.16 bits per heavy atom. The van der Waals surface area contributed by atoms with E-state index in [0.717, 1.165) is 36.2 Å². The molecule has 5 rings (SSSR count). The molecule has 2 aromatic heterocycles. The Hall–Kier alpha value is -3.87. The van der Waals surface area contributed by atoms with Crippen molar-refractivity contribution in [1.82, 2.24) is 19.9 Å². The van der Waals surface area contributed by atoms with E-state index in [2.05, 4.69) is 38.4 Å². The molecule has 7 heteroatoms. The molecule has 0 bridgehead atoms. The summed E-state index contributed by atoms with van der Waals surface area (Å²) in [6.07, 6.45) is 3.41. The number of fused-ring (bicyclic) bond motifs is 2. The minimum absolute atomic E-state index is 0.253. The molecule has 0 fully saturated rings. The summed E-state index contributed by atoms with van der Waals surface area (Å²) in [5.41, 5.74) is 6.08. The predicted molar refractivity (Wildman–Crippen MR) is 120 cm³/mol. The van der Waals surface area contributed by atoms with Gasteiger partial charge in [-0.3, -0.25) is 9.78 Å². The molecule has 2 aromatic carbocycles. The van der Waals surface area contributed by atoms with Gasteiger partial charge in [-0.1, -0.05) is 12.1 Å². The van der Waals surface area contributed by atoms with Crippen molar-refractivity contribution in [2.75, 3.05) is 18.9 Å². The summed E-state index contributed by atoms with van der Waals surface area (Å²) in [4.78, 5) is 20.7. The largest absolute Gasteiger partial charge is 0.457 e. The smallest absolute Gasteiger partial charge is 0.269 e. The number of aryl methyl sites for hydroxylation is 1. The fourth-order valence-electron chi connectivity index (χ4n) is 3.94. The van der Waals surface area contributed by atoms with Crippen LogP contribution in [0.4, 0.5) is 5.69 Å². The van der Waals surface area contributed by atoms with Gasteiger partial charge in [0.05, 0.1) is 11.0 Å². The van der Waals surface area contributed by atoms with Gasteiger partial charge in [0.1, 0.15) is 23.0 Å². The number of carbonyl (C=O) groups excluding carboxylic acids is 1. The summed E-state index contributed by atoms with van der Waals surface area (Å²) in [5.74, 6) is 1.95. The number of amides is 1. The van der Waals surface area contributed by atoms with Crippen LogP contribution in [0.25, 0.3) is 11.0 Å². The molecule has 7 nitrogen and oxygen atoms in total. The van der Waals surface area contributed by atoms with Gasteiger partial charge in [0.25, 0.3) is 5.91 Å². The molecular weight excluding hydrogens is 390 g/mol. The van der Waals surface area contributed by atoms with Crippen LogP contribution in [-0.2, 0) is 19.9 Å². The van der Waals surface area contributed by atoms with Crippen LogP contribution in [0.1, 0.15) is 27.4 Å². The normalized spacial score (nSPS) is 12.5.